The normalized spacial score (nSPS) is 12.2. The van der Waals surface area contributed by atoms with Gasteiger partial charge >= 0.3 is 0 Å². The SMILES string of the molecule is COCCCn1c(C)c(S(N)(=O)=O)c2ccccc21. The van der Waals surface area contributed by atoms with Crippen molar-refractivity contribution in [3.05, 3.63) is 30.0 Å². The number of rotatable bonds is 5. The lowest BCUT2D eigenvalue weighted by atomic mass is 10.2. The van der Waals surface area contributed by atoms with Gasteiger partial charge in [0.25, 0.3) is 0 Å². The minimum absolute atomic E-state index is 0.223. The molecule has 0 aliphatic heterocycles. The number of hydrogen-bond acceptors (Lipinski definition) is 3. The molecule has 6 heteroatoms. The van der Waals surface area contributed by atoms with Gasteiger partial charge in [-0.15, -0.1) is 0 Å². The van der Waals surface area contributed by atoms with E-state index in [1.165, 1.54) is 0 Å². The molecule has 0 atom stereocenters. The third-order valence-electron chi connectivity index (χ3n) is 3.19. The molecule has 0 unspecified atom stereocenters. The van der Waals surface area contributed by atoms with Gasteiger partial charge in [0.2, 0.25) is 10.0 Å². The molecule has 104 valence electrons. The van der Waals surface area contributed by atoms with Gasteiger partial charge in [-0.2, -0.15) is 0 Å². The van der Waals surface area contributed by atoms with Gasteiger partial charge < -0.3 is 9.30 Å². The fraction of sp³-hybridized carbons (Fsp3) is 0.385. The average Bonchev–Trinajstić information content (AvgIpc) is 2.62. The monoisotopic (exact) mass is 282 g/mol. The van der Waals surface area contributed by atoms with Crippen LogP contribution in [-0.2, 0) is 21.3 Å². The highest BCUT2D eigenvalue weighted by atomic mass is 32.2. The summed E-state index contributed by atoms with van der Waals surface area (Å²) in [7, 11) is -2.07. The van der Waals surface area contributed by atoms with Gasteiger partial charge in [0.05, 0.1) is 0 Å². The van der Waals surface area contributed by atoms with Crippen molar-refractivity contribution < 1.29 is 13.2 Å². The van der Waals surface area contributed by atoms with E-state index >= 15 is 0 Å². The lowest BCUT2D eigenvalue weighted by molar-refractivity contribution is 0.190. The molecule has 1 heterocycles. The van der Waals surface area contributed by atoms with E-state index in [9.17, 15) is 8.42 Å². The van der Waals surface area contributed by atoms with Crippen LogP contribution in [0.5, 0.6) is 0 Å². The van der Waals surface area contributed by atoms with Crippen LogP contribution in [0.3, 0.4) is 0 Å². The maximum Gasteiger partial charge on any atom is 0.240 e. The number of para-hydroxylation sites is 1. The zero-order valence-electron chi connectivity index (χ0n) is 11.1. The summed E-state index contributed by atoms with van der Waals surface area (Å²) in [4.78, 5) is 0.223. The first-order valence-electron chi connectivity index (χ1n) is 6.06. The molecular weight excluding hydrogens is 264 g/mol. The second-order valence-electron chi connectivity index (χ2n) is 4.47. The standard InChI is InChI=1S/C13H18N2O3S/c1-10-13(19(14,16)17)11-6-3-4-7-12(11)15(10)8-5-9-18-2/h3-4,6-7H,5,8-9H2,1-2H3,(H2,14,16,17). The van der Waals surface area contributed by atoms with Crippen molar-refractivity contribution in [1.29, 1.82) is 0 Å². The molecule has 0 spiro atoms. The quantitative estimate of drug-likeness (QED) is 0.847. The molecule has 0 saturated heterocycles. The van der Waals surface area contributed by atoms with E-state index in [1.807, 2.05) is 22.8 Å². The van der Waals surface area contributed by atoms with E-state index in [2.05, 4.69) is 0 Å². The minimum atomic E-state index is -3.72. The highest BCUT2D eigenvalue weighted by Gasteiger charge is 2.21. The Kier molecular flexibility index (Phi) is 3.93. The minimum Gasteiger partial charge on any atom is -0.385 e. The molecule has 19 heavy (non-hydrogen) atoms. The maximum absolute atomic E-state index is 11.8. The average molecular weight is 282 g/mol. The second-order valence-corrected chi connectivity index (χ2v) is 5.97. The summed E-state index contributed by atoms with van der Waals surface area (Å²) >= 11 is 0. The molecule has 0 amide bonds. The number of nitrogens with two attached hydrogens (primary N) is 1. The summed E-state index contributed by atoms with van der Waals surface area (Å²) in [5.41, 5.74) is 1.57. The number of ether oxygens (including phenoxy) is 1. The zero-order chi connectivity index (χ0) is 14.0. The van der Waals surface area contributed by atoms with Crippen LogP contribution in [0.15, 0.2) is 29.2 Å². The molecule has 0 fully saturated rings. The van der Waals surface area contributed by atoms with Gasteiger partial charge in [0.1, 0.15) is 4.90 Å². The number of aromatic nitrogens is 1. The van der Waals surface area contributed by atoms with Crippen LogP contribution in [0.4, 0.5) is 0 Å². The van der Waals surface area contributed by atoms with Gasteiger partial charge in [0, 0.05) is 36.9 Å². The number of nitrogens with zero attached hydrogens (tertiary/aromatic N) is 1. The van der Waals surface area contributed by atoms with Gasteiger partial charge in [-0.1, -0.05) is 18.2 Å². The fourth-order valence-corrected chi connectivity index (χ4v) is 3.41. The molecular formula is C13H18N2O3S. The van der Waals surface area contributed by atoms with E-state index in [0.717, 1.165) is 11.9 Å². The third-order valence-corrected chi connectivity index (χ3v) is 4.27. The molecule has 0 aliphatic rings. The topological polar surface area (TPSA) is 74.3 Å². The molecule has 2 rings (SSSR count). The van der Waals surface area contributed by atoms with Gasteiger partial charge in [-0.3, -0.25) is 0 Å². The van der Waals surface area contributed by atoms with Crippen LogP contribution in [0.25, 0.3) is 10.9 Å². The number of aryl methyl sites for hydroxylation is 1. The predicted molar refractivity (Wildman–Crippen MR) is 74.5 cm³/mol. The molecule has 0 aliphatic carbocycles. The van der Waals surface area contributed by atoms with E-state index in [-0.39, 0.29) is 4.90 Å². The summed E-state index contributed by atoms with van der Waals surface area (Å²) in [5.74, 6) is 0. The van der Waals surface area contributed by atoms with E-state index in [0.29, 0.717) is 24.2 Å². The van der Waals surface area contributed by atoms with Crippen LogP contribution in [-0.4, -0.2) is 26.7 Å². The van der Waals surface area contributed by atoms with Crippen molar-refractivity contribution >= 4 is 20.9 Å². The van der Waals surface area contributed by atoms with Crippen molar-refractivity contribution in [2.75, 3.05) is 13.7 Å². The van der Waals surface area contributed by atoms with E-state index in [4.69, 9.17) is 9.88 Å². The number of benzene rings is 1. The highest BCUT2D eigenvalue weighted by Crippen LogP contribution is 2.28. The van der Waals surface area contributed by atoms with Gasteiger partial charge in [-0.05, 0) is 19.4 Å². The van der Waals surface area contributed by atoms with Crippen LogP contribution in [0, 0.1) is 6.92 Å². The Balaban J connectivity index is 2.61. The number of primary sulfonamides is 1. The summed E-state index contributed by atoms with van der Waals surface area (Å²) in [6, 6.07) is 7.40. The molecule has 0 radical (unpaired) electrons. The van der Waals surface area contributed by atoms with Crippen molar-refractivity contribution in [3.8, 4) is 0 Å². The van der Waals surface area contributed by atoms with Crippen molar-refractivity contribution in [2.45, 2.75) is 24.8 Å². The Hall–Kier alpha value is -1.37. The first kappa shape index (κ1) is 14.0. The Morgan fingerprint density at radius 3 is 2.63 bits per heavy atom. The Bertz CT molecular complexity index is 689. The molecule has 2 aromatic rings. The molecule has 0 bridgehead atoms. The van der Waals surface area contributed by atoms with Crippen LogP contribution in [0.2, 0.25) is 0 Å². The lowest BCUT2D eigenvalue weighted by Crippen LogP contribution is -2.14. The largest absolute Gasteiger partial charge is 0.385 e. The number of sulfonamides is 1. The van der Waals surface area contributed by atoms with Crippen molar-refractivity contribution in [1.82, 2.24) is 4.57 Å². The first-order valence-corrected chi connectivity index (χ1v) is 7.61. The fourth-order valence-electron chi connectivity index (χ4n) is 2.41. The smallest absolute Gasteiger partial charge is 0.240 e. The summed E-state index contributed by atoms with van der Waals surface area (Å²) in [6.45, 7) is 3.12. The Labute approximate surface area is 113 Å². The lowest BCUT2D eigenvalue weighted by Gasteiger charge is -2.07. The van der Waals surface area contributed by atoms with Crippen LogP contribution in [0.1, 0.15) is 12.1 Å². The predicted octanol–water partition coefficient (Wildman–Crippen LogP) is 1.63. The Morgan fingerprint density at radius 1 is 1.32 bits per heavy atom. The highest BCUT2D eigenvalue weighted by molar-refractivity contribution is 7.89. The van der Waals surface area contributed by atoms with Gasteiger partial charge in [0.15, 0.2) is 0 Å². The van der Waals surface area contributed by atoms with Gasteiger partial charge in [-0.25, -0.2) is 13.6 Å². The Morgan fingerprint density at radius 2 is 2.00 bits per heavy atom. The molecule has 1 aromatic carbocycles. The molecule has 0 saturated carbocycles. The number of methoxy groups -OCH3 is 1. The summed E-state index contributed by atoms with van der Waals surface area (Å²) < 4.78 is 30.5. The van der Waals surface area contributed by atoms with Crippen LogP contribution >= 0.6 is 0 Å². The van der Waals surface area contributed by atoms with Crippen LogP contribution < -0.4 is 5.14 Å². The zero-order valence-corrected chi connectivity index (χ0v) is 11.9. The van der Waals surface area contributed by atoms with E-state index in [1.54, 1.807) is 20.1 Å². The van der Waals surface area contributed by atoms with Crippen molar-refractivity contribution in [3.63, 3.8) is 0 Å². The summed E-state index contributed by atoms with van der Waals surface area (Å²) in [5, 5.41) is 6.01. The molecule has 5 nitrogen and oxygen atoms in total. The van der Waals surface area contributed by atoms with E-state index < -0.39 is 10.0 Å². The molecule has 2 N–H and O–H groups in total. The third kappa shape index (κ3) is 2.65. The molecule has 1 aromatic heterocycles. The number of hydrogen-bond donors (Lipinski definition) is 1. The summed E-state index contributed by atoms with van der Waals surface area (Å²) in [6.07, 6.45) is 0.820. The second kappa shape index (κ2) is 5.32. The first-order chi connectivity index (χ1) is 8.96. The maximum atomic E-state index is 11.8. The van der Waals surface area contributed by atoms with Crippen molar-refractivity contribution in [2.24, 2.45) is 5.14 Å². The number of fused-ring (bicyclic) bond motifs is 1.